The number of likely N-dealkylation sites (N-methyl/N-ethyl adjacent to an activating group) is 1. The second kappa shape index (κ2) is 7.92. The van der Waals surface area contributed by atoms with Gasteiger partial charge in [0.15, 0.2) is 0 Å². The molecule has 28 heavy (non-hydrogen) atoms. The number of fused-ring (bicyclic) bond motifs is 1. The number of hydrogen-bond donors (Lipinski definition) is 0. The molecule has 0 aliphatic carbocycles. The first-order valence-electron chi connectivity index (χ1n) is 10.3. The first-order chi connectivity index (χ1) is 13.5. The fourth-order valence-corrected chi connectivity index (χ4v) is 4.42. The Morgan fingerprint density at radius 3 is 2.68 bits per heavy atom. The van der Waals surface area contributed by atoms with Crippen LogP contribution in [0.15, 0.2) is 48.9 Å². The zero-order chi connectivity index (χ0) is 19.7. The monoisotopic (exact) mass is 377 g/mol. The standard InChI is InChI=1S/C23H31N5/c1-17(2)28-13-11-20-22(24-16-25-23(20)28)26(4)21-15-27(12-10-18(21)3)14-19-8-6-5-7-9-19/h5-9,11,13,16-18,21H,10,12,14-15H2,1-4H3/t18-,21+/m1/s1. The summed E-state index contributed by atoms with van der Waals surface area (Å²) in [6.45, 7) is 9.98. The minimum Gasteiger partial charge on any atom is -0.354 e. The molecule has 2 atom stereocenters. The van der Waals surface area contributed by atoms with Crippen LogP contribution in [0, 0.1) is 5.92 Å². The summed E-state index contributed by atoms with van der Waals surface area (Å²) < 4.78 is 2.22. The number of benzene rings is 1. The molecule has 5 heteroatoms. The molecule has 1 saturated heterocycles. The summed E-state index contributed by atoms with van der Waals surface area (Å²) in [5.74, 6) is 1.68. The van der Waals surface area contributed by atoms with Gasteiger partial charge in [-0.25, -0.2) is 9.97 Å². The number of rotatable bonds is 5. The Labute approximate surface area is 168 Å². The van der Waals surface area contributed by atoms with Crippen molar-refractivity contribution in [2.24, 2.45) is 5.92 Å². The van der Waals surface area contributed by atoms with Gasteiger partial charge >= 0.3 is 0 Å². The maximum atomic E-state index is 4.68. The molecule has 0 bridgehead atoms. The summed E-state index contributed by atoms with van der Waals surface area (Å²) in [4.78, 5) is 14.2. The molecule has 1 fully saturated rings. The van der Waals surface area contributed by atoms with Gasteiger partial charge in [-0.05, 0) is 44.4 Å². The first-order valence-corrected chi connectivity index (χ1v) is 10.3. The predicted molar refractivity (Wildman–Crippen MR) is 116 cm³/mol. The van der Waals surface area contributed by atoms with E-state index < -0.39 is 0 Å². The highest BCUT2D eigenvalue weighted by molar-refractivity contribution is 5.88. The highest BCUT2D eigenvalue weighted by Crippen LogP contribution is 2.30. The third kappa shape index (κ3) is 3.63. The zero-order valence-electron chi connectivity index (χ0n) is 17.4. The van der Waals surface area contributed by atoms with Crippen molar-refractivity contribution in [3.8, 4) is 0 Å². The molecule has 3 aromatic rings. The maximum Gasteiger partial charge on any atom is 0.145 e. The summed E-state index contributed by atoms with van der Waals surface area (Å²) in [6.07, 6.45) is 5.05. The summed E-state index contributed by atoms with van der Waals surface area (Å²) in [6, 6.07) is 13.8. The van der Waals surface area contributed by atoms with Gasteiger partial charge in [0.25, 0.3) is 0 Å². The van der Waals surface area contributed by atoms with Crippen molar-refractivity contribution < 1.29 is 0 Å². The van der Waals surface area contributed by atoms with Gasteiger partial charge in [-0.1, -0.05) is 37.3 Å². The molecule has 1 aliphatic rings. The lowest BCUT2D eigenvalue weighted by Gasteiger charge is -2.42. The van der Waals surface area contributed by atoms with Gasteiger partial charge in [-0.2, -0.15) is 0 Å². The smallest absolute Gasteiger partial charge is 0.145 e. The average Bonchev–Trinajstić information content (AvgIpc) is 3.14. The fourth-order valence-electron chi connectivity index (χ4n) is 4.42. The van der Waals surface area contributed by atoms with Crippen molar-refractivity contribution in [1.82, 2.24) is 19.4 Å². The minimum absolute atomic E-state index is 0.389. The third-order valence-electron chi connectivity index (χ3n) is 6.13. The minimum atomic E-state index is 0.389. The molecular weight excluding hydrogens is 346 g/mol. The molecule has 3 heterocycles. The number of likely N-dealkylation sites (tertiary alicyclic amines) is 1. The largest absolute Gasteiger partial charge is 0.354 e. The van der Waals surface area contributed by atoms with Crippen molar-refractivity contribution in [2.75, 3.05) is 25.0 Å². The van der Waals surface area contributed by atoms with Crippen LogP contribution in [0.4, 0.5) is 5.82 Å². The van der Waals surface area contributed by atoms with E-state index in [4.69, 9.17) is 0 Å². The molecule has 0 saturated carbocycles. The van der Waals surface area contributed by atoms with E-state index >= 15 is 0 Å². The van der Waals surface area contributed by atoms with Crippen LogP contribution in [0.1, 0.15) is 38.8 Å². The van der Waals surface area contributed by atoms with E-state index in [-0.39, 0.29) is 0 Å². The second-order valence-electron chi connectivity index (χ2n) is 8.42. The Kier molecular flexibility index (Phi) is 5.36. The van der Waals surface area contributed by atoms with Crippen LogP contribution < -0.4 is 4.90 Å². The molecular formula is C23H31N5. The quantitative estimate of drug-likeness (QED) is 0.662. The van der Waals surface area contributed by atoms with Crippen LogP contribution in [-0.4, -0.2) is 45.6 Å². The van der Waals surface area contributed by atoms with E-state index in [0.717, 1.165) is 36.5 Å². The Morgan fingerprint density at radius 1 is 1.14 bits per heavy atom. The van der Waals surface area contributed by atoms with Crippen LogP contribution in [0.5, 0.6) is 0 Å². The Bertz CT molecular complexity index is 917. The van der Waals surface area contributed by atoms with Gasteiger partial charge in [-0.15, -0.1) is 0 Å². The average molecular weight is 378 g/mol. The summed E-state index contributed by atoms with van der Waals surface area (Å²) in [7, 11) is 2.20. The van der Waals surface area contributed by atoms with Crippen molar-refractivity contribution in [1.29, 1.82) is 0 Å². The van der Waals surface area contributed by atoms with Crippen LogP contribution in [-0.2, 0) is 6.54 Å². The zero-order valence-corrected chi connectivity index (χ0v) is 17.4. The Morgan fingerprint density at radius 2 is 1.93 bits per heavy atom. The number of hydrogen-bond acceptors (Lipinski definition) is 4. The predicted octanol–water partition coefficient (Wildman–Crippen LogP) is 4.36. The molecule has 0 N–H and O–H groups in total. The lowest BCUT2D eigenvalue weighted by Crippen LogP contribution is -2.50. The van der Waals surface area contributed by atoms with E-state index in [1.165, 1.54) is 12.0 Å². The van der Waals surface area contributed by atoms with Crippen LogP contribution >= 0.6 is 0 Å². The fraction of sp³-hybridized carbons (Fsp3) is 0.478. The molecule has 2 aromatic heterocycles. The molecule has 4 rings (SSSR count). The molecule has 148 valence electrons. The topological polar surface area (TPSA) is 37.2 Å². The molecule has 1 aromatic carbocycles. The second-order valence-corrected chi connectivity index (χ2v) is 8.42. The van der Waals surface area contributed by atoms with Gasteiger partial charge in [-0.3, -0.25) is 4.90 Å². The maximum absolute atomic E-state index is 4.68. The van der Waals surface area contributed by atoms with E-state index in [2.05, 4.69) is 94.7 Å². The number of piperidine rings is 1. The highest BCUT2D eigenvalue weighted by atomic mass is 15.3. The number of anilines is 1. The first kappa shape index (κ1) is 18.9. The molecule has 0 spiro atoms. The Balaban J connectivity index is 1.58. The van der Waals surface area contributed by atoms with E-state index in [9.17, 15) is 0 Å². The van der Waals surface area contributed by atoms with Crippen molar-refractivity contribution >= 4 is 16.9 Å². The van der Waals surface area contributed by atoms with Crippen LogP contribution in [0.25, 0.3) is 11.0 Å². The molecule has 0 radical (unpaired) electrons. The van der Waals surface area contributed by atoms with Gasteiger partial charge in [0.2, 0.25) is 0 Å². The van der Waals surface area contributed by atoms with E-state index in [0.29, 0.717) is 18.0 Å². The van der Waals surface area contributed by atoms with E-state index in [1.807, 2.05) is 0 Å². The molecule has 0 amide bonds. The third-order valence-corrected chi connectivity index (χ3v) is 6.13. The van der Waals surface area contributed by atoms with Crippen molar-refractivity contribution in [3.63, 3.8) is 0 Å². The summed E-state index contributed by atoms with van der Waals surface area (Å²) >= 11 is 0. The van der Waals surface area contributed by atoms with Crippen LogP contribution in [0.3, 0.4) is 0 Å². The van der Waals surface area contributed by atoms with Gasteiger partial charge in [0.1, 0.15) is 17.8 Å². The summed E-state index contributed by atoms with van der Waals surface area (Å²) in [5.41, 5.74) is 2.41. The summed E-state index contributed by atoms with van der Waals surface area (Å²) in [5, 5.41) is 1.14. The van der Waals surface area contributed by atoms with Crippen LogP contribution in [0.2, 0.25) is 0 Å². The molecule has 0 unspecified atom stereocenters. The van der Waals surface area contributed by atoms with Gasteiger partial charge in [0.05, 0.1) is 5.39 Å². The normalized spacial score (nSPS) is 20.8. The molecule has 1 aliphatic heterocycles. The Hall–Kier alpha value is -2.40. The number of nitrogens with zero attached hydrogens (tertiary/aromatic N) is 5. The van der Waals surface area contributed by atoms with Gasteiger partial charge in [0, 0.05) is 38.4 Å². The molecule has 5 nitrogen and oxygen atoms in total. The lowest BCUT2D eigenvalue weighted by molar-refractivity contribution is 0.159. The lowest BCUT2D eigenvalue weighted by atomic mass is 9.92. The van der Waals surface area contributed by atoms with Crippen molar-refractivity contribution in [2.45, 2.75) is 45.8 Å². The SMILES string of the molecule is CC(C)n1ccc2c(N(C)[C@H]3CN(Cc4ccccc4)CC[C@H]3C)ncnc21. The number of aromatic nitrogens is 3. The highest BCUT2D eigenvalue weighted by Gasteiger charge is 2.31. The van der Waals surface area contributed by atoms with Crippen molar-refractivity contribution in [3.05, 3.63) is 54.5 Å². The van der Waals surface area contributed by atoms with Gasteiger partial charge < -0.3 is 9.47 Å². The van der Waals surface area contributed by atoms with E-state index in [1.54, 1.807) is 6.33 Å².